The second-order valence-corrected chi connectivity index (χ2v) is 3.24. The molecule has 0 heterocycles. The smallest absolute Gasteiger partial charge is 0.236 e. The van der Waals surface area contributed by atoms with Crippen molar-refractivity contribution >= 4 is 5.91 Å². The maximum Gasteiger partial charge on any atom is 0.236 e. The van der Waals surface area contributed by atoms with Gasteiger partial charge in [0.2, 0.25) is 5.91 Å². The third-order valence-corrected chi connectivity index (χ3v) is 1.49. The Morgan fingerprint density at radius 3 is 2.58 bits per heavy atom. The molecule has 0 saturated heterocycles. The minimum absolute atomic E-state index is 0.0752. The van der Waals surface area contributed by atoms with Crippen LogP contribution in [0, 0.1) is 0 Å². The Balaban J connectivity index is 3.26. The van der Waals surface area contributed by atoms with Crippen LogP contribution in [-0.2, 0) is 4.79 Å². The molecule has 0 aliphatic carbocycles. The first-order chi connectivity index (χ1) is 5.54. The summed E-state index contributed by atoms with van der Waals surface area (Å²) in [6, 6.07) is -0.399. The van der Waals surface area contributed by atoms with Crippen molar-refractivity contribution in [2.45, 2.75) is 19.4 Å². The predicted octanol–water partition coefficient (Wildman–Crippen LogP) is -0.598. The van der Waals surface area contributed by atoms with Gasteiger partial charge in [0.05, 0.1) is 6.04 Å². The maximum atomic E-state index is 10.9. The Hall–Kier alpha value is -0.610. The van der Waals surface area contributed by atoms with Gasteiger partial charge in [-0.2, -0.15) is 0 Å². The lowest BCUT2D eigenvalue weighted by atomic mass is 10.3. The average Bonchev–Trinajstić information content (AvgIpc) is 1.97. The number of carbonyl (C=O) groups excluding carboxylic acids is 1. The summed E-state index contributed by atoms with van der Waals surface area (Å²) in [5, 5.41) is 2.75. The summed E-state index contributed by atoms with van der Waals surface area (Å²) in [6.07, 6.45) is 0.964. The molecule has 0 saturated carbocycles. The van der Waals surface area contributed by atoms with E-state index in [2.05, 4.69) is 10.2 Å². The number of hydrogen-bond donors (Lipinski definition) is 2. The zero-order valence-corrected chi connectivity index (χ0v) is 8.13. The van der Waals surface area contributed by atoms with Crippen LogP contribution in [0.1, 0.15) is 13.3 Å². The zero-order chi connectivity index (χ0) is 9.56. The molecule has 3 N–H and O–H groups in total. The van der Waals surface area contributed by atoms with Gasteiger partial charge >= 0.3 is 0 Å². The Morgan fingerprint density at radius 1 is 1.58 bits per heavy atom. The van der Waals surface area contributed by atoms with Crippen LogP contribution in [0.5, 0.6) is 0 Å². The lowest BCUT2D eigenvalue weighted by Gasteiger charge is -2.10. The lowest BCUT2D eigenvalue weighted by molar-refractivity contribution is -0.121. The van der Waals surface area contributed by atoms with Gasteiger partial charge in [-0.3, -0.25) is 4.79 Å². The third kappa shape index (κ3) is 6.12. The summed E-state index contributed by atoms with van der Waals surface area (Å²) >= 11 is 0. The van der Waals surface area contributed by atoms with Gasteiger partial charge in [0.1, 0.15) is 0 Å². The summed E-state index contributed by atoms with van der Waals surface area (Å²) in [4.78, 5) is 13.0. The molecule has 12 heavy (non-hydrogen) atoms. The van der Waals surface area contributed by atoms with Crippen LogP contribution in [0.4, 0.5) is 0 Å². The lowest BCUT2D eigenvalue weighted by Crippen LogP contribution is -2.39. The molecular weight excluding hydrogens is 154 g/mol. The first-order valence-electron chi connectivity index (χ1n) is 4.22. The number of hydrogen-bond acceptors (Lipinski definition) is 3. The molecule has 0 aliphatic heterocycles. The normalized spacial score (nSPS) is 13.1. The third-order valence-electron chi connectivity index (χ3n) is 1.49. The molecule has 0 aromatic carbocycles. The van der Waals surface area contributed by atoms with Crippen molar-refractivity contribution in [3.05, 3.63) is 0 Å². The molecule has 1 unspecified atom stereocenters. The molecule has 0 aromatic heterocycles. The van der Waals surface area contributed by atoms with E-state index in [1.807, 2.05) is 14.1 Å². The summed E-state index contributed by atoms with van der Waals surface area (Å²) in [5.74, 6) is -0.0752. The van der Waals surface area contributed by atoms with Crippen LogP contribution >= 0.6 is 0 Å². The van der Waals surface area contributed by atoms with Crippen molar-refractivity contribution in [3.63, 3.8) is 0 Å². The first kappa shape index (κ1) is 11.4. The Morgan fingerprint density at radius 2 is 2.17 bits per heavy atom. The van der Waals surface area contributed by atoms with E-state index in [9.17, 15) is 4.79 Å². The molecule has 0 radical (unpaired) electrons. The van der Waals surface area contributed by atoms with Crippen molar-refractivity contribution in [1.29, 1.82) is 0 Å². The Kier molecular flexibility index (Phi) is 5.66. The van der Waals surface area contributed by atoms with Gasteiger partial charge in [0.15, 0.2) is 0 Å². The molecule has 0 spiro atoms. The van der Waals surface area contributed by atoms with E-state index in [0.717, 1.165) is 13.0 Å². The predicted molar refractivity (Wildman–Crippen MR) is 49.8 cm³/mol. The van der Waals surface area contributed by atoms with Crippen molar-refractivity contribution in [2.75, 3.05) is 27.2 Å². The van der Waals surface area contributed by atoms with Crippen LogP contribution in [0.3, 0.4) is 0 Å². The van der Waals surface area contributed by atoms with Gasteiger partial charge in [0.25, 0.3) is 0 Å². The van der Waals surface area contributed by atoms with Crippen LogP contribution < -0.4 is 11.1 Å². The minimum atomic E-state index is -0.399. The number of amides is 1. The molecule has 4 heteroatoms. The molecule has 0 bridgehead atoms. The van der Waals surface area contributed by atoms with Crippen LogP contribution in [-0.4, -0.2) is 44.0 Å². The topological polar surface area (TPSA) is 58.4 Å². The molecule has 72 valence electrons. The molecule has 0 aromatic rings. The van der Waals surface area contributed by atoms with E-state index in [4.69, 9.17) is 5.73 Å². The molecular formula is C8H19N3O. The second-order valence-electron chi connectivity index (χ2n) is 3.24. The fraction of sp³-hybridized carbons (Fsp3) is 0.875. The van der Waals surface area contributed by atoms with E-state index >= 15 is 0 Å². The first-order valence-corrected chi connectivity index (χ1v) is 4.22. The highest BCUT2D eigenvalue weighted by Crippen LogP contribution is 1.81. The number of nitrogens with zero attached hydrogens (tertiary/aromatic N) is 1. The van der Waals surface area contributed by atoms with Crippen molar-refractivity contribution in [3.8, 4) is 0 Å². The van der Waals surface area contributed by atoms with Crippen molar-refractivity contribution in [1.82, 2.24) is 10.2 Å². The van der Waals surface area contributed by atoms with Crippen molar-refractivity contribution in [2.24, 2.45) is 5.73 Å². The molecule has 4 nitrogen and oxygen atoms in total. The Labute approximate surface area is 74.1 Å². The summed E-state index contributed by atoms with van der Waals surface area (Å²) in [7, 11) is 4.01. The molecule has 0 aliphatic rings. The van der Waals surface area contributed by atoms with Crippen LogP contribution in [0.25, 0.3) is 0 Å². The van der Waals surface area contributed by atoms with Gasteiger partial charge in [-0.1, -0.05) is 0 Å². The van der Waals surface area contributed by atoms with Gasteiger partial charge in [-0.05, 0) is 34.0 Å². The summed E-state index contributed by atoms with van der Waals surface area (Å²) < 4.78 is 0. The Bertz CT molecular complexity index is 134. The van der Waals surface area contributed by atoms with Crippen LogP contribution in [0.2, 0.25) is 0 Å². The van der Waals surface area contributed by atoms with Crippen LogP contribution in [0.15, 0.2) is 0 Å². The van der Waals surface area contributed by atoms with E-state index in [-0.39, 0.29) is 5.91 Å². The number of rotatable bonds is 5. The molecule has 0 fully saturated rings. The van der Waals surface area contributed by atoms with Gasteiger partial charge in [0, 0.05) is 6.54 Å². The summed E-state index contributed by atoms with van der Waals surface area (Å²) in [6.45, 7) is 3.37. The average molecular weight is 173 g/mol. The van der Waals surface area contributed by atoms with E-state index in [1.165, 1.54) is 0 Å². The van der Waals surface area contributed by atoms with Crippen molar-refractivity contribution < 1.29 is 4.79 Å². The van der Waals surface area contributed by atoms with E-state index < -0.39 is 6.04 Å². The van der Waals surface area contributed by atoms with Gasteiger partial charge in [-0.15, -0.1) is 0 Å². The quantitative estimate of drug-likeness (QED) is 0.546. The fourth-order valence-electron chi connectivity index (χ4n) is 0.768. The van der Waals surface area contributed by atoms with E-state index in [0.29, 0.717) is 6.54 Å². The van der Waals surface area contributed by atoms with E-state index in [1.54, 1.807) is 6.92 Å². The zero-order valence-electron chi connectivity index (χ0n) is 8.13. The SMILES string of the molecule is CC(N)C(=O)NCCCN(C)C. The van der Waals surface area contributed by atoms with Gasteiger partial charge < -0.3 is 16.0 Å². The number of nitrogens with one attached hydrogen (secondary N) is 1. The number of carbonyl (C=O) groups is 1. The fourth-order valence-corrected chi connectivity index (χ4v) is 0.768. The largest absolute Gasteiger partial charge is 0.355 e. The maximum absolute atomic E-state index is 10.9. The molecule has 0 rings (SSSR count). The molecule has 1 atom stereocenters. The standard InChI is InChI=1S/C8H19N3O/c1-7(9)8(12)10-5-4-6-11(2)3/h7H,4-6,9H2,1-3H3,(H,10,12). The highest BCUT2D eigenvalue weighted by molar-refractivity contribution is 5.80. The summed E-state index contributed by atoms with van der Waals surface area (Å²) in [5.41, 5.74) is 5.36. The number of nitrogens with two attached hydrogens (primary N) is 1. The van der Waals surface area contributed by atoms with Gasteiger partial charge in [-0.25, -0.2) is 0 Å². The highest BCUT2D eigenvalue weighted by Gasteiger charge is 2.04. The molecule has 1 amide bonds. The second kappa shape index (κ2) is 5.97. The minimum Gasteiger partial charge on any atom is -0.355 e. The highest BCUT2D eigenvalue weighted by atomic mass is 16.2. The monoisotopic (exact) mass is 173 g/mol.